The third kappa shape index (κ3) is 11.0. The van der Waals surface area contributed by atoms with E-state index in [1.165, 1.54) is 0 Å². The van der Waals surface area contributed by atoms with E-state index < -0.39 is 66.7 Å². The number of amides is 3. The van der Waals surface area contributed by atoms with Crippen molar-refractivity contribution in [1.82, 2.24) is 16.0 Å². The largest absolute Gasteiger partial charge is 0.481 e. The number of carboxylic acids is 2. The van der Waals surface area contributed by atoms with Crippen molar-refractivity contribution in [2.45, 2.75) is 57.7 Å². The van der Waals surface area contributed by atoms with Crippen LogP contribution >= 0.6 is 0 Å². The van der Waals surface area contributed by atoms with Gasteiger partial charge in [-0.15, -0.1) is 0 Å². The summed E-state index contributed by atoms with van der Waals surface area (Å²) in [6.07, 6.45) is 1.01. The molecule has 9 N–H and O–H groups in total. The Morgan fingerprint density at radius 2 is 1.59 bits per heavy atom. The average Bonchev–Trinajstić information content (AvgIpc) is 2.62. The van der Waals surface area contributed by atoms with Gasteiger partial charge in [0.05, 0.1) is 19.0 Å². The zero-order chi connectivity index (χ0) is 22.6. The molecule has 12 heteroatoms. The van der Waals surface area contributed by atoms with Gasteiger partial charge in [0.25, 0.3) is 0 Å². The van der Waals surface area contributed by atoms with E-state index in [1.54, 1.807) is 13.8 Å². The first-order chi connectivity index (χ1) is 13.5. The summed E-state index contributed by atoms with van der Waals surface area (Å²) in [4.78, 5) is 58.1. The van der Waals surface area contributed by atoms with Crippen molar-refractivity contribution in [2.75, 3.05) is 13.1 Å². The predicted octanol–water partition coefficient (Wildman–Crippen LogP) is -2.26. The third-order valence-electron chi connectivity index (χ3n) is 3.99. The van der Waals surface area contributed by atoms with E-state index in [-0.39, 0.29) is 0 Å². The van der Waals surface area contributed by atoms with Crippen LogP contribution in [0.4, 0.5) is 0 Å². The summed E-state index contributed by atoms with van der Waals surface area (Å²) in [6, 6.07) is -3.54. The van der Waals surface area contributed by atoms with E-state index in [2.05, 4.69) is 16.0 Å². The molecular weight excluding hydrogens is 386 g/mol. The summed E-state index contributed by atoms with van der Waals surface area (Å²) >= 11 is 0. The highest BCUT2D eigenvalue weighted by molar-refractivity contribution is 5.93. The van der Waals surface area contributed by atoms with E-state index in [4.69, 9.17) is 21.7 Å². The summed E-state index contributed by atoms with van der Waals surface area (Å²) < 4.78 is 0. The van der Waals surface area contributed by atoms with Crippen molar-refractivity contribution < 1.29 is 34.2 Å². The van der Waals surface area contributed by atoms with E-state index in [1.807, 2.05) is 0 Å². The van der Waals surface area contributed by atoms with Crippen molar-refractivity contribution in [3.8, 4) is 0 Å². The number of hydrogen-bond donors (Lipinski definition) is 7. The van der Waals surface area contributed by atoms with Crippen LogP contribution in [0.3, 0.4) is 0 Å². The molecule has 0 aliphatic carbocycles. The Labute approximate surface area is 168 Å². The molecule has 0 aliphatic heterocycles. The lowest BCUT2D eigenvalue weighted by molar-refractivity contribution is -0.147. The van der Waals surface area contributed by atoms with Gasteiger partial charge in [-0.05, 0) is 25.3 Å². The van der Waals surface area contributed by atoms with Crippen molar-refractivity contribution in [3.05, 3.63) is 0 Å². The van der Waals surface area contributed by atoms with Crippen LogP contribution < -0.4 is 27.4 Å². The zero-order valence-corrected chi connectivity index (χ0v) is 16.6. The van der Waals surface area contributed by atoms with Gasteiger partial charge in [0.1, 0.15) is 12.1 Å². The molecule has 0 spiro atoms. The normalized spacial score (nSPS) is 13.8. The maximum atomic E-state index is 12.3. The summed E-state index contributed by atoms with van der Waals surface area (Å²) in [6.45, 7) is 3.30. The quantitative estimate of drug-likeness (QED) is 0.152. The molecule has 0 rings (SSSR count). The number of aliphatic carboxylic acids is 2. The Hall–Kier alpha value is -2.73. The lowest BCUT2D eigenvalue weighted by Crippen LogP contribution is -2.55. The highest BCUT2D eigenvalue weighted by atomic mass is 16.4. The molecule has 3 atom stereocenters. The van der Waals surface area contributed by atoms with Crippen LogP contribution in [-0.4, -0.2) is 71.1 Å². The van der Waals surface area contributed by atoms with Gasteiger partial charge in [-0.3, -0.25) is 19.2 Å². The average molecular weight is 417 g/mol. The molecule has 3 unspecified atom stereocenters. The third-order valence-corrected chi connectivity index (χ3v) is 3.99. The fraction of sp³-hybridized carbons (Fsp3) is 0.706. The lowest BCUT2D eigenvalue weighted by atomic mass is 10.0. The monoisotopic (exact) mass is 417 g/mol. The molecule has 0 radical (unpaired) electrons. The van der Waals surface area contributed by atoms with Gasteiger partial charge >= 0.3 is 11.9 Å². The highest BCUT2D eigenvalue weighted by Gasteiger charge is 2.30. The topological polar surface area (TPSA) is 214 Å². The molecule has 0 saturated heterocycles. The summed E-state index contributed by atoms with van der Waals surface area (Å²) in [5, 5.41) is 24.6. The molecule has 0 aromatic rings. The maximum absolute atomic E-state index is 12.3. The molecule has 0 aliphatic rings. The van der Waals surface area contributed by atoms with Crippen LogP contribution in [0.1, 0.15) is 39.5 Å². The molecule has 12 nitrogen and oxygen atoms in total. The molecule has 0 aromatic carbocycles. The van der Waals surface area contributed by atoms with Gasteiger partial charge in [-0.1, -0.05) is 20.3 Å². The van der Waals surface area contributed by atoms with Gasteiger partial charge in [0.15, 0.2) is 0 Å². The Bertz CT molecular complexity index is 597. The molecule has 0 bridgehead atoms. The van der Waals surface area contributed by atoms with E-state index in [9.17, 15) is 24.0 Å². The molecule has 0 aromatic heterocycles. The number of nitrogens with one attached hydrogen (secondary N) is 3. The van der Waals surface area contributed by atoms with Crippen LogP contribution in [0.15, 0.2) is 0 Å². The first-order valence-electron chi connectivity index (χ1n) is 9.27. The predicted molar refractivity (Wildman–Crippen MR) is 102 cm³/mol. The second-order valence-corrected chi connectivity index (χ2v) is 6.90. The van der Waals surface area contributed by atoms with Gasteiger partial charge < -0.3 is 37.6 Å². The summed E-state index contributed by atoms with van der Waals surface area (Å²) in [5.41, 5.74) is 11.1. The minimum Gasteiger partial charge on any atom is -0.481 e. The standard InChI is InChI=1S/C17H31N5O7/c1-9(2)14(16(27)21-11(17(28)29)7-13(24)25)22-12(23)8-20-15(26)10(19)5-3-4-6-18/h9-11,14H,3-8,18-19H2,1-2H3,(H,20,26)(H,21,27)(H,22,23)(H,24,25)(H,28,29). The molecule has 166 valence electrons. The first kappa shape index (κ1) is 26.3. The van der Waals surface area contributed by atoms with Crippen LogP contribution in [0, 0.1) is 5.92 Å². The molecule has 3 amide bonds. The smallest absolute Gasteiger partial charge is 0.326 e. The van der Waals surface area contributed by atoms with Crippen molar-refractivity contribution in [3.63, 3.8) is 0 Å². The van der Waals surface area contributed by atoms with E-state index >= 15 is 0 Å². The minimum absolute atomic E-state index is 0.418. The second-order valence-electron chi connectivity index (χ2n) is 6.90. The van der Waals surface area contributed by atoms with Crippen LogP contribution in [0.2, 0.25) is 0 Å². The maximum Gasteiger partial charge on any atom is 0.326 e. The lowest BCUT2D eigenvalue weighted by Gasteiger charge is -2.23. The number of unbranched alkanes of at least 4 members (excludes halogenated alkanes) is 1. The Morgan fingerprint density at radius 3 is 2.07 bits per heavy atom. The number of rotatable bonds is 14. The van der Waals surface area contributed by atoms with Gasteiger partial charge in [-0.25, -0.2) is 4.79 Å². The Morgan fingerprint density at radius 1 is 0.966 bits per heavy atom. The van der Waals surface area contributed by atoms with E-state index in [0.29, 0.717) is 19.4 Å². The highest BCUT2D eigenvalue weighted by Crippen LogP contribution is 2.04. The summed E-state index contributed by atoms with van der Waals surface area (Å²) in [5.74, 6) is -5.36. The second kappa shape index (κ2) is 13.4. The van der Waals surface area contributed by atoms with Crippen LogP contribution in [0.25, 0.3) is 0 Å². The van der Waals surface area contributed by atoms with Gasteiger partial charge in [0, 0.05) is 0 Å². The summed E-state index contributed by atoms with van der Waals surface area (Å²) in [7, 11) is 0. The number of carboxylic acid groups (broad SMARTS) is 2. The zero-order valence-electron chi connectivity index (χ0n) is 16.6. The SMILES string of the molecule is CC(C)C(NC(=O)CNC(=O)C(N)CCCCN)C(=O)NC(CC(=O)O)C(=O)O. The molecule has 0 fully saturated rings. The number of carbonyl (C=O) groups excluding carboxylic acids is 3. The first-order valence-corrected chi connectivity index (χ1v) is 9.27. The van der Waals surface area contributed by atoms with Crippen LogP contribution in [-0.2, 0) is 24.0 Å². The van der Waals surface area contributed by atoms with E-state index in [0.717, 1.165) is 6.42 Å². The molecular formula is C17H31N5O7. The van der Waals surface area contributed by atoms with Crippen molar-refractivity contribution in [2.24, 2.45) is 17.4 Å². The van der Waals surface area contributed by atoms with Crippen molar-refractivity contribution >= 4 is 29.7 Å². The minimum atomic E-state index is -1.63. The molecule has 0 saturated carbocycles. The molecule has 0 heterocycles. The van der Waals surface area contributed by atoms with Crippen molar-refractivity contribution in [1.29, 1.82) is 0 Å². The Balaban J connectivity index is 4.72. The number of hydrogen-bond acceptors (Lipinski definition) is 7. The fourth-order valence-electron chi connectivity index (χ4n) is 2.33. The number of nitrogens with two attached hydrogens (primary N) is 2. The molecule has 29 heavy (non-hydrogen) atoms. The fourth-order valence-corrected chi connectivity index (χ4v) is 2.33. The number of carbonyl (C=O) groups is 5. The van der Waals surface area contributed by atoms with Gasteiger partial charge in [-0.2, -0.15) is 0 Å². The Kier molecular flexibility index (Phi) is 12.2. The van der Waals surface area contributed by atoms with Gasteiger partial charge in [0.2, 0.25) is 17.7 Å². The van der Waals surface area contributed by atoms with Crippen LogP contribution in [0.5, 0.6) is 0 Å².